The number of hydrogen-bond donors (Lipinski definition) is 0. The molecule has 1 spiro atoms. The van der Waals surface area contributed by atoms with E-state index in [-0.39, 0.29) is 17.8 Å². The molecule has 2 aliphatic carbocycles. The first-order valence-electron chi connectivity index (χ1n) is 13.9. The van der Waals surface area contributed by atoms with Crippen LogP contribution in [0.3, 0.4) is 0 Å². The van der Waals surface area contributed by atoms with Crippen molar-refractivity contribution in [3.8, 4) is 0 Å². The predicted molar refractivity (Wildman–Crippen MR) is 144 cm³/mol. The predicted octanol–water partition coefficient (Wildman–Crippen LogP) is 4.75. The second kappa shape index (κ2) is 11.1. The van der Waals surface area contributed by atoms with Gasteiger partial charge in [-0.25, -0.2) is 4.79 Å². The lowest BCUT2D eigenvalue weighted by molar-refractivity contribution is -0.198. The summed E-state index contributed by atoms with van der Waals surface area (Å²) in [5, 5.41) is 4.76. The first-order chi connectivity index (χ1) is 17.8. The SMILES string of the molecule is C[Si](C)(C)CCOCn1nc(C2CC2)n(CC2(COCc3ccccc3)CCC3(CC2)OCCO3)c1=O. The maximum absolute atomic E-state index is 13.6. The normalized spacial score (nSPS) is 21.1. The third-order valence-corrected chi connectivity index (χ3v) is 9.71. The van der Waals surface area contributed by atoms with Crippen LogP contribution in [0.4, 0.5) is 0 Å². The molecule has 3 aliphatic rings. The van der Waals surface area contributed by atoms with E-state index >= 15 is 0 Å². The number of hydrogen-bond acceptors (Lipinski definition) is 6. The van der Waals surface area contributed by atoms with E-state index < -0.39 is 13.9 Å². The minimum Gasteiger partial charge on any atom is -0.376 e. The average molecular weight is 530 g/mol. The molecule has 204 valence electrons. The first kappa shape index (κ1) is 26.8. The van der Waals surface area contributed by atoms with Gasteiger partial charge in [0.05, 0.1) is 26.4 Å². The number of nitrogens with zero attached hydrogens (tertiary/aromatic N) is 3. The molecule has 0 bridgehead atoms. The summed E-state index contributed by atoms with van der Waals surface area (Å²) >= 11 is 0. The lowest BCUT2D eigenvalue weighted by Gasteiger charge is -2.43. The van der Waals surface area contributed by atoms with Crippen LogP contribution in [0.5, 0.6) is 0 Å². The summed E-state index contributed by atoms with van der Waals surface area (Å²) in [6.45, 7) is 11.0. The summed E-state index contributed by atoms with van der Waals surface area (Å²) in [7, 11) is -1.19. The summed E-state index contributed by atoms with van der Waals surface area (Å²) < 4.78 is 27.7. The van der Waals surface area contributed by atoms with E-state index in [1.807, 2.05) is 22.8 Å². The van der Waals surface area contributed by atoms with E-state index in [2.05, 4.69) is 31.8 Å². The number of ether oxygens (including phenoxy) is 4. The molecule has 3 fully saturated rings. The topological polar surface area (TPSA) is 76.7 Å². The number of aromatic nitrogens is 3. The summed E-state index contributed by atoms with van der Waals surface area (Å²) in [5.74, 6) is 0.825. The van der Waals surface area contributed by atoms with Crippen LogP contribution in [-0.2, 0) is 38.8 Å². The highest BCUT2D eigenvalue weighted by atomic mass is 28.3. The molecule has 1 aromatic carbocycles. The third-order valence-electron chi connectivity index (χ3n) is 8.00. The highest BCUT2D eigenvalue weighted by Gasteiger charge is 2.47. The maximum Gasteiger partial charge on any atom is 0.348 e. The van der Waals surface area contributed by atoms with Crippen molar-refractivity contribution < 1.29 is 18.9 Å². The molecule has 37 heavy (non-hydrogen) atoms. The van der Waals surface area contributed by atoms with Crippen molar-refractivity contribution in [1.82, 2.24) is 14.3 Å². The summed E-state index contributed by atoms with van der Waals surface area (Å²) in [6, 6.07) is 11.3. The van der Waals surface area contributed by atoms with Gasteiger partial charge < -0.3 is 18.9 Å². The second-order valence-electron chi connectivity index (χ2n) is 12.4. The molecule has 0 atom stereocenters. The largest absolute Gasteiger partial charge is 0.376 e. The van der Waals surface area contributed by atoms with Crippen molar-refractivity contribution in [2.24, 2.45) is 5.41 Å². The van der Waals surface area contributed by atoms with Crippen molar-refractivity contribution in [3.05, 3.63) is 52.2 Å². The molecule has 2 saturated carbocycles. The monoisotopic (exact) mass is 529 g/mol. The van der Waals surface area contributed by atoms with Gasteiger partial charge >= 0.3 is 5.69 Å². The fraction of sp³-hybridized carbons (Fsp3) is 0.714. The molecule has 0 amide bonds. The van der Waals surface area contributed by atoms with Crippen LogP contribution in [0.15, 0.2) is 35.1 Å². The number of rotatable bonds is 12. The van der Waals surface area contributed by atoms with Crippen LogP contribution in [0.2, 0.25) is 25.7 Å². The van der Waals surface area contributed by atoms with Gasteiger partial charge in [0, 0.05) is 45.4 Å². The molecule has 2 heterocycles. The van der Waals surface area contributed by atoms with Gasteiger partial charge in [0.2, 0.25) is 0 Å². The Balaban J connectivity index is 1.32. The quantitative estimate of drug-likeness (QED) is 0.292. The summed E-state index contributed by atoms with van der Waals surface area (Å²) in [5.41, 5.74) is 0.924. The Bertz CT molecular complexity index is 1070. The Hall–Kier alpha value is -1.78. The van der Waals surface area contributed by atoms with E-state index in [4.69, 9.17) is 24.0 Å². The summed E-state index contributed by atoms with van der Waals surface area (Å²) in [6.07, 6.45) is 5.60. The first-order valence-corrected chi connectivity index (χ1v) is 17.6. The fourth-order valence-electron chi connectivity index (χ4n) is 5.45. The van der Waals surface area contributed by atoms with Crippen LogP contribution in [0.1, 0.15) is 55.8 Å². The van der Waals surface area contributed by atoms with Crippen LogP contribution < -0.4 is 5.69 Å². The Morgan fingerprint density at radius 2 is 1.73 bits per heavy atom. The average Bonchev–Trinajstić information content (AvgIpc) is 3.55. The van der Waals surface area contributed by atoms with Crippen molar-refractivity contribution in [2.45, 2.75) is 95.8 Å². The van der Waals surface area contributed by atoms with Crippen LogP contribution in [0.25, 0.3) is 0 Å². The Kier molecular flexibility index (Phi) is 8.07. The molecule has 0 N–H and O–H groups in total. The standard InChI is InChI=1S/C28H43N3O5Si/c1-37(2,3)18-17-33-22-31-26(32)30(25(29-31)24-9-10-24)20-27(21-34-19-23-7-5-4-6-8-23)11-13-28(14-12-27)35-15-16-36-28/h4-8,24H,9-22H2,1-3H3. The van der Waals surface area contributed by atoms with Crippen molar-refractivity contribution in [1.29, 1.82) is 0 Å². The minimum absolute atomic E-state index is 0.0639. The molecule has 1 aromatic heterocycles. The van der Waals surface area contributed by atoms with Gasteiger partial charge in [-0.05, 0) is 37.3 Å². The summed E-state index contributed by atoms with van der Waals surface area (Å²) in [4.78, 5) is 13.6. The Morgan fingerprint density at radius 1 is 1.03 bits per heavy atom. The highest BCUT2D eigenvalue weighted by Crippen LogP contribution is 2.47. The van der Waals surface area contributed by atoms with Gasteiger partial charge in [0.15, 0.2) is 5.79 Å². The highest BCUT2D eigenvalue weighted by molar-refractivity contribution is 6.76. The smallest absolute Gasteiger partial charge is 0.348 e. The van der Waals surface area contributed by atoms with E-state index in [0.717, 1.165) is 56.0 Å². The maximum atomic E-state index is 13.6. The van der Waals surface area contributed by atoms with Gasteiger partial charge in [-0.2, -0.15) is 9.78 Å². The van der Waals surface area contributed by atoms with E-state index in [1.54, 1.807) is 0 Å². The molecule has 0 unspecified atom stereocenters. The molecule has 1 aliphatic heterocycles. The van der Waals surface area contributed by atoms with E-state index in [0.29, 0.717) is 45.5 Å². The van der Waals surface area contributed by atoms with Crippen LogP contribution in [-0.4, -0.2) is 54.6 Å². The molecule has 2 aromatic rings. The number of benzene rings is 1. The van der Waals surface area contributed by atoms with Gasteiger partial charge in [0.1, 0.15) is 12.6 Å². The zero-order valence-corrected chi connectivity index (χ0v) is 23.7. The molecular formula is C28H43N3O5Si. The van der Waals surface area contributed by atoms with E-state index in [1.165, 1.54) is 4.68 Å². The Morgan fingerprint density at radius 3 is 2.38 bits per heavy atom. The van der Waals surface area contributed by atoms with E-state index in [9.17, 15) is 4.79 Å². The van der Waals surface area contributed by atoms with Crippen molar-refractivity contribution >= 4 is 8.07 Å². The van der Waals surface area contributed by atoms with Crippen molar-refractivity contribution in [2.75, 3.05) is 26.4 Å². The third kappa shape index (κ3) is 6.81. The van der Waals surface area contributed by atoms with Gasteiger partial charge in [-0.1, -0.05) is 50.0 Å². The molecule has 5 rings (SSSR count). The van der Waals surface area contributed by atoms with Crippen molar-refractivity contribution in [3.63, 3.8) is 0 Å². The van der Waals surface area contributed by atoms with Crippen LogP contribution in [0, 0.1) is 5.41 Å². The second-order valence-corrected chi connectivity index (χ2v) is 18.1. The molecule has 8 nitrogen and oxygen atoms in total. The zero-order valence-electron chi connectivity index (χ0n) is 22.7. The Labute approximate surface area is 221 Å². The molecular weight excluding hydrogens is 486 g/mol. The zero-order chi connectivity index (χ0) is 25.9. The van der Waals surface area contributed by atoms with Gasteiger partial charge in [0.25, 0.3) is 0 Å². The molecule has 9 heteroatoms. The lowest BCUT2D eigenvalue weighted by Crippen LogP contribution is -2.45. The molecule has 1 saturated heterocycles. The lowest BCUT2D eigenvalue weighted by atomic mass is 9.72. The minimum atomic E-state index is -1.19. The van der Waals surface area contributed by atoms with Gasteiger partial charge in [-0.15, -0.1) is 0 Å². The fourth-order valence-corrected chi connectivity index (χ4v) is 6.21. The molecule has 0 radical (unpaired) electrons. The van der Waals surface area contributed by atoms with Crippen LogP contribution >= 0.6 is 0 Å². The van der Waals surface area contributed by atoms with Gasteiger partial charge in [-0.3, -0.25) is 4.57 Å².